The number of rotatable bonds is 4. The van der Waals surface area contributed by atoms with Gasteiger partial charge in [0, 0.05) is 17.6 Å². The molecule has 0 amide bonds. The molecule has 1 aliphatic carbocycles. The van der Waals surface area contributed by atoms with Crippen LogP contribution in [0, 0.1) is 0 Å². The van der Waals surface area contributed by atoms with Crippen LogP contribution in [0.3, 0.4) is 0 Å². The van der Waals surface area contributed by atoms with Gasteiger partial charge in [-0.2, -0.15) is 0 Å². The lowest BCUT2D eigenvalue weighted by atomic mass is 10.0. The van der Waals surface area contributed by atoms with Gasteiger partial charge >= 0.3 is 5.97 Å². The molecule has 25 heavy (non-hydrogen) atoms. The van der Waals surface area contributed by atoms with Gasteiger partial charge in [0.25, 0.3) is 5.56 Å². The highest BCUT2D eigenvalue weighted by atomic mass is 32.1. The van der Waals surface area contributed by atoms with Crippen molar-refractivity contribution in [1.29, 1.82) is 0 Å². The monoisotopic (exact) mass is 356 g/mol. The molecule has 0 spiro atoms. The molecule has 0 fully saturated rings. The molecule has 1 atom stereocenters. The highest BCUT2D eigenvalue weighted by Gasteiger charge is 2.34. The number of aromatic nitrogens is 2. The Morgan fingerprint density at radius 1 is 1.40 bits per heavy atom. The number of methoxy groups -OCH3 is 1. The van der Waals surface area contributed by atoms with E-state index in [1.54, 1.807) is 0 Å². The van der Waals surface area contributed by atoms with Gasteiger partial charge in [-0.3, -0.25) is 14.2 Å². The largest absolute Gasteiger partial charge is 0.481 e. The Kier molecular flexibility index (Phi) is 3.89. The first-order valence-corrected chi connectivity index (χ1v) is 8.76. The van der Waals surface area contributed by atoms with Crippen LogP contribution in [0.25, 0.3) is 21.6 Å². The van der Waals surface area contributed by atoms with Gasteiger partial charge in [0.15, 0.2) is 0 Å². The molecule has 0 saturated heterocycles. The molecule has 7 heteroatoms. The summed E-state index contributed by atoms with van der Waals surface area (Å²) in [5.74, 6) is -0.980. The Morgan fingerprint density at radius 3 is 2.84 bits per heavy atom. The number of hydrogen-bond acceptors (Lipinski definition) is 5. The molecule has 1 unspecified atom stereocenters. The summed E-state index contributed by atoms with van der Waals surface area (Å²) in [6.45, 7) is 0.0638. The van der Waals surface area contributed by atoms with E-state index in [-0.39, 0.29) is 12.3 Å². The number of carbonyl (C=O) groups is 1. The second kappa shape index (κ2) is 6.09. The number of thiophene rings is 1. The van der Waals surface area contributed by atoms with Gasteiger partial charge in [-0.05, 0) is 18.4 Å². The van der Waals surface area contributed by atoms with Gasteiger partial charge in [-0.15, -0.1) is 11.3 Å². The molecule has 2 heterocycles. The normalized spacial score (nSPS) is 16.3. The van der Waals surface area contributed by atoms with Crippen LogP contribution < -0.4 is 5.56 Å². The van der Waals surface area contributed by atoms with E-state index in [2.05, 4.69) is 0 Å². The minimum Gasteiger partial charge on any atom is -0.481 e. The van der Waals surface area contributed by atoms with Crippen molar-refractivity contribution in [2.24, 2.45) is 0 Å². The zero-order valence-corrected chi connectivity index (χ0v) is 14.4. The number of nitrogens with zero attached hydrogens (tertiary/aromatic N) is 2. The fraction of sp³-hybridized carbons (Fsp3) is 0.278. The van der Waals surface area contributed by atoms with Gasteiger partial charge in [0.2, 0.25) is 0 Å². The molecule has 3 aromatic rings. The average Bonchev–Trinajstić information content (AvgIpc) is 3.16. The highest BCUT2D eigenvalue weighted by molar-refractivity contribution is 7.18. The lowest BCUT2D eigenvalue weighted by Gasteiger charge is -2.12. The summed E-state index contributed by atoms with van der Waals surface area (Å²) >= 11 is 1.43. The molecule has 128 valence electrons. The topological polar surface area (TPSA) is 81.4 Å². The van der Waals surface area contributed by atoms with Crippen LogP contribution in [-0.4, -0.2) is 27.7 Å². The van der Waals surface area contributed by atoms with Gasteiger partial charge in [0.05, 0.1) is 11.3 Å². The number of fused-ring (bicyclic) bond motifs is 3. The standard InChI is InChI=1S/C18H16N2O4S/c1-24-9-20-15(10-5-3-2-4-6-10)19-16-14(17(20)21)13-11(18(22)23)7-8-12(13)25-16/h2-6,11H,7-9H2,1H3,(H,22,23). The second-order valence-electron chi connectivity index (χ2n) is 6.00. The Morgan fingerprint density at radius 2 is 2.16 bits per heavy atom. The van der Waals surface area contributed by atoms with E-state index >= 15 is 0 Å². The maximum absolute atomic E-state index is 13.2. The van der Waals surface area contributed by atoms with Crippen molar-refractivity contribution in [2.75, 3.05) is 7.11 Å². The van der Waals surface area contributed by atoms with Gasteiger partial charge < -0.3 is 9.84 Å². The van der Waals surface area contributed by atoms with Crippen molar-refractivity contribution < 1.29 is 14.6 Å². The molecule has 4 rings (SSSR count). The zero-order chi connectivity index (χ0) is 17.6. The van der Waals surface area contributed by atoms with Crippen molar-refractivity contribution >= 4 is 27.5 Å². The summed E-state index contributed by atoms with van der Waals surface area (Å²) in [5.41, 5.74) is 1.23. The lowest BCUT2D eigenvalue weighted by Crippen LogP contribution is -2.25. The molecule has 0 radical (unpaired) electrons. The van der Waals surface area contributed by atoms with Crippen molar-refractivity contribution in [3.05, 3.63) is 51.1 Å². The Balaban J connectivity index is 2.03. The van der Waals surface area contributed by atoms with Crippen LogP contribution in [0.2, 0.25) is 0 Å². The SMILES string of the molecule is COCn1c(-c2ccccc2)nc2sc3c(c2c1=O)C(C(=O)O)CC3. The Hall–Kier alpha value is -2.51. The first-order valence-electron chi connectivity index (χ1n) is 7.95. The number of hydrogen-bond donors (Lipinski definition) is 1. The predicted octanol–water partition coefficient (Wildman–Crippen LogP) is 2.84. The first kappa shape index (κ1) is 16.0. The van der Waals surface area contributed by atoms with Gasteiger partial charge in [-0.1, -0.05) is 30.3 Å². The Labute approximate surface area is 147 Å². The quantitative estimate of drug-likeness (QED) is 0.777. The molecular weight excluding hydrogens is 340 g/mol. The Bertz CT molecular complexity index is 1020. The maximum Gasteiger partial charge on any atom is 0.311 e. The lowest BCUT2D eigenvalue weighted by molar-refractivity contribution is -0.138. The fourth-order valence-corrected chi connectivity index (χ4v) is 4.67. The number of aliphatic carboxylic acids is 1. The molecule has 1 aliphatic rings. The van der Waals surface area contributed by atoms with E-state index in [1.807, 2.05) is 30.3 Å². The van der Waals surface area contributed by atoms with E-state index in [0.29, 0.717) is 34.4 Å². The van der Waals surface area contributed by atoms with Crippen molar-refractivity contribution in [1.82, 2.24) is 9.55 Å². The van der Waals surface area contributed by atoms with Crippen LogP contribution in [0.15, 0.2) is 35.1 Å². The maximum atomic E-state index is 13.2. The molecular formula is C18H16N2O4S. The van der Waals surface area contributed by atoms with Gasteiger partial charge in [-0.25, -0.2) is 4.98 Å². The third-order valence-corrected chi connectivity index (χ3v) is 5.68. The molecule has 6 nitrogen and oxygen atoms in total. The average molecular weight is 356 g/mol. The summed E-state index contributed by atoms with van der Waals surface area (Å²) in [7, 11) is 1.52. The summed E-state index contributed by atoms with van der Waals surface area (Å²) in [6.07, 6.45) is 1.22. The van der Waals surface area contributed by atoms with E-state index in [0.717, 1.165) is 10.4 Å². The number of ether oxygens (including phenoxy) is 1. The molecule has 0 bridgehead atoms. The van der Waals surface area contributed by atoms with Gasteiger partial charge in [0.1, 0.15) is 17.4 Å². The summed E-state index contributed by atoms with van der Waals surface area (Å²) in [5, 5.41) is 9.92. The third-order valence-electron chi connectivity index (χ3n) is 4.52. The van der Waals surface area contributed by atoms with Crippen LogP contribution in [0.1, 0.15) is 22.8 Å². The zero-order valence-electron chi connectivity index (χ0n) is 13.6. The number of carboxylic acids is 1. The molecule has 0 saturated carbocycles. The van der Waals surface area contributed by atoms with E-state index < -0.39 is 11.9 Å². The number of benzene rings is 1. The molecule has 0 aliphatic heterocycles. The first-order chi connectivity index (χ1) is 12.1. The molecule has 1 aromatic carbocycles. The minimum absolute atomic E-state index is 0.0638. The fourth-order valence-electron chi connectivity index (χ4n) is 3.43. The minimum atomic E-state index is -0.886. The van der Waals surface area contributed by atoms with Crippen molar-refractivity contribution in [3.8, 4) is 11.4 Å². The summed E-state index contributed by atoms with van der Waals surface area (Å²) < 4.78 is 6.67. The second-order valence-corrected chi connectivity index (χ2v) is 7.08. The smallest absolute Gasteiger partial charge is 0.311 e. The summed E-state index contributed by atoms with van der Waals surface area (Å²) in [6, 6.07) is 9.45. The van der Waals surface area contributed by atoms with Crippen LogP contribution in [0.4, 0.5) is 0 Å². The van der Waals surface area contributed by atoms with Crippen LogP contribution in [-0.2, 0) is 22.7 Å². The van der Waals surface area contributed by atoms with Crippen molar-refractivity contribution in [2.45, 2.75) is 25.5 Å². The summed E-state index contributed by atoms with van der Waals surface area (Å²) in [4.78, 5) is 31.0. The van der Waals surface area contributed by atoms with E-state index in [1.165, 1.54) is 23.0 Å². The van der Waals surface area contributed by atoms with Crippen LogP contribution >= 0.6 is 11.3 Å². The van der Waals surface area contributed by atoms with E-state index in [4.69, 9.17) is 9.72 Å². The molecule has 2 aromatic heterocycles. The van der Waals surface area contributed by atoms with Crippen molar-refractivity contribution in [3.63, 3.8) is 0 Å². The molecule has 1 N–H and O–H groups in total. The van der Waals surface area contributed by atoms with Crippen LogP contribution in [0.5, 0.6) is 0 Å². The number of aryl methyl sites for hydroxylation is 1. The number of carboxylic acid groups (broad SMARTS) is 1. The highest BCUT2D eigenvalue weighted by Crippen LogP contribution is 2.42. The third kappa shape index (κ3) is 2.47. The van der Waals surface area contributed by atoms with E-state index in [9.17, 15) is 14.7 Å². The predicted molar refractivity (Wildman–Crippen MR) is 95.0 cm³/mol.